The lowest BCUT2D eigenvalue weighted by Gasteiger charge is -2.29. The second-order valence-corrected chi connectivity index (χ2v) is 8.43. The number of benzene rings is 3. The molecular weight excluding hydrogens is 540 g/mol. The lowest BCUT2D eigenvalue weighted by molar-refractivity contribution is -0.269. The molecule has 38 heavy (non-hydrogen) atoms. The number of alkyl halides is 6. The number of hydrogen-bond donors (Lipinski definition) is 3. The predicted molar refractivity (Wildman–Crippen MR) is 127 cm³/mol. The first-order valence-corrected chi connectivity index (χ1v) is 11.1. The summed E-state index contributed by atoms with van der Waals surface area (Å²) in [6.07, 6.45) is -6.85. The first-order valence-electron chi connectivity index (χ1n) is 10.8. The first-order chi connectivity index (χ1) is 17.9. The average molecular weight is 558 g/mol. The zero-order valence-corrected chi connectivity index (χ0v) is 20.1. The number of fused-ring (bicyclic) bond motifs is 1. The summed E-state index contributed by atoms with van der Waals surface area (Å²) in [5.41, 5.74) is -0.576. The fourth-order valence-corrected chi connectivity index (χ4v) is 4.20. The molecule has 13 heteroatoms. The van der Waals surface area contributed by atoms with Crippen LogP contribution >= 0.6 is 11.6 Å². The van der Waals surface area contributed by atoms with Gasteiger partial charge in [0.15, 0.2) is 0 Å². The van der Waals surface area contributed by atoms with Gasteiger partial charge in [-0.2, -0.15) is 26.3 Å². The molecule has 0 radical (unpaired) electrons. The van der Waals surface area contributed by atoms with Crippen molar-refractivity contribution in [3.63, 3.8) is 0 Å². The molecule has 3 aromatic rings. The van der Waals surface area contributed by atoms with Crippen molar-refractivity contribution in [2.45, 2.75) is 18.0 Å². The minimum Gasteiger partial charge on any atom is -0.327 e. The topological polar surface area (TPSA) is 71.6 Å². The third-order valence-electron chi connectivity index (χ3n) is 5.73. The van der Waals surface area contributed by atoms with Gasteiger partial charge in [-0.3, -0.25) is 25.4 Å². The summed E-state index contributed by atoms with van der Waals surface area (Å²) in [7, 11) is 1.38. The van der Waals surface area contributed by atoms with E-state index in [1.54, 1.807) is 24.3 Å². The van der Waals surface area contributed by atoms with Crippen LogP contribution in [0.2, 0.25) is 5.02 Å². The molecule has 3 N–H and O–H groups in total. The average Bonchev–Trinajstić information content (AvgIpc) is 3.32. The van der Waals surface area contributed by atoms with Crippen molar-refractivity contribution in [1.29, 1.82) is 0 Å². The van der Waals surface area contributed by atoms with E-state index in [1.165, 1.54) is 31.6 Å². The second kappa shape index (κ2) is 10.2. The van der Waals surface area contributed by atoms with Crippen LogP contribution in [0.1, 0.15) is 27.0 Å². The van der Waals surface area contributed by atoms with Crippen molar-refractivity contribution in [2.75, 3.05) is 7.11 Å². The Bertz CT molecular complexity index is 1440. The van der Waals surface area contributed by atoms with E-state index in [9.17, 15) is 31.1 Å². The van der Waals surface area contributed by atoms with Crippen molar-refractivity contribution in [3.05, 3.63) is 100 Å². The summed E-state index contributed by atoms with van der Waals surface area (Å²) >= 11 is 5.61. The van der Waals surface area contributed by atoms with Gasteiger partial charge in [-0.25, -0.2) is 0 Å². The van der Waals surface area contributed by atoms with Gasteiger partial charge in [-0.05, 0) is 35.0 Å². The zero-order chi connectivity index (χ0) is 27.7. The Balaban J connectivity index is 1.82. The Kier molecular flexibility index (Phi) is 7.33. The largest absolute Gasteiger partial charge is 0.428 e. The van der Waals surface area contributed by atoms with Crippen LogP contribution in [0.5, 0.6) is 0 Å². The van der Waals surface area contributed by atoms with Crippen LogP contribution in [-0.4, -0.2) is 19.2 Å². The molecule has 1 amide bonds. The van der Waals surface area contributed by atoms with E-state index in [0.717, 1.165) is 12.1 Å². The lowest BCUT2D eigenvalue weighted by Crippen LogP contribution is -2.42. The Morgan fingerprint density at radius 2 is 1.74 bits per heavy atom. The Morgan fingerprint density at radius 1 is 1.03 bits per heavy atom. The Morgan fingerprint density at radius 3 is 2.39 bits per heavy atom. The standard InChI is InChI=1S/C25H18ClF6N3O3/c1-37-34-11-10-33-22(36)18-8-7-17(15-4-2-3-5-16(15)18)21-13-23(38-35-21,25(30,31)32)14-6-9-20(26)19(12-14)24(27,28)29/h2-13,34-35H,1H3,(H,33,36). The molecular formula is C25H18ClF6N3O3. The fourth-order valence-electron chi connectivity index (χ4n) is 3.98. The maximum Gasteiger partial charge on any atom is 0.428 e. The molecule has 0 bridgehead atoms. The maximum absolute atomic E-state index is 14.4. The number of carbonyl (C=O) groups excluding carboxylic acids is 1. The molecule has 1 unspecified atom stereocenters. The van der Waals surface area contributed by atoms with E-state index in [2.05, 4.69) is 21.1 Å². The van der Waals surface area contributed by atoms with Crippen LogP contribution in [0.15, 0.2) is 73.1 Å². The molecule has 1 aliphatic heterocycles. The van der Waals surface area contributed by atoms with E-state index in [-0.39, 0.29) is 16.8 Å². The van der Waals surface area contributed by atoms with Crippen LogP contribution in [0.3, 0.4) is 0 Å². The number of nitrogens with one attached hydrogen (secondary N) is 3. The number of hydrogen-bond acceptors (Lipinski definition) is 5. The third kappa shape index (κ3) is 5.02. The number of rotatable bonds is 6. The number of halogens is 7. The molecule has 1 atom stereocenters. The van der Waals surface area contributed by atoms with Crippen molar-refractivity contribution in [2.24, 2.45) is 0 Å². The summed E-state index contributed by atoms with van der Waals surface area (Å²) < 4.78 is 83.3. The summed E-state index contributed by atoms with van der Waals surface area (Å²) in [6.45, 7) is 0. The quantitative estimate of drug-likeness (QED) is 0.249. The Hall–Kier alpha value is -3.74. The van der Waals surface area contributed by atoms with Crippen molar-refractivity contribution < 1.29 is 40.8 Å². The highest BCUT2D eigenvalue weighted by molar-refractivity contribution is 6.31. The van der Waals surface area contributed by atoms with Crippen LogP contribution in [-0.2, 0) is 21.5 Å². The van der Waals surface area contributed by atoms with E-state index >= 15 is 0 Å². The molecule has 1 heterocycles. The normalized spacial score (nSPS) is 17.9. The highest BCUT2D eigenvalue weighted by Gasteiger charge is 2.60. The van der Waals surface area contributed by atoms with Crippen molar-refractivity contribution in [1.82, 2.24) is 16.3 Å². The second-order valence-electron chi connectivity index (χ2n) is 8.02. The van der Waals surface area contributed by atoms with Gasteiger partial charge in [0.1, 0.15) is 0 Å². The van der Waals surface area contributed by atoms with Gasteiger partial charge in [0.05, 0.1) is 23.4 Å². The molecule has 0 fully saturated rings. The van der Waals surface area contributed by atoms with E-state index in [1.807, 2.05) is 0 Å². The molecule has 0 saturated heterocycles. The third-order valence-corrected chi connectivity index (χ3v) is 6.06. The summed E-state index contributed by atoms with van der Waals surface area (Å²) in [4.78, 5) is 22.3. The molecule has 0 saturated carbocycles. The highest BCUT2D eigenvalue weighted by atomic mass is 35.5. The summed E-state index contributed by atoms with van der Waals surface area (Å²) in [5, 5.41) is 2.58. The van der Waals surface area contributed by atoms with Crippen LogP contribution in [0, 0.1) is 0 Å². The van der Waals surface area contributed by atoms with Gasteiger partial charge in [0, 0.05) is 29.1 Å². The highest BCUT2D eigenvalue weighted by Crippen LogP contribution is 2.49. The Labute approximate surface area is 216 Å². The molecule has 0 aromatic heterocycles. The monoisotopic (exact) mass is 557 g/mol. The predicted octanol–water partition coefficient (Wildman–Crippen LogP) is 6.20. The van der Waals surface area contributed by atoms with Gasteiger partial charge >= 0.3 is 12.4 Å². The zero-order valence-electron chi connectivity index (χ0n) is 19.3. The van der Waals surface area contributed by atoms with Crippen molar-refractivity contribution >= 4 is 34.0 Å². The number of hydroxylamine groups is 2. The molecule has 200 valence electrons. The minimum atomic E-state index is -5.16. The van der Waals surface area contributed by atoms with Crippen LogP contribution in [0.25, 0.3) is 16.5 Å². The van der Waals surface area contributed by atoms with Gasteiger partial charge < -0.3 is 5.32 Å². The SMILES string of the molecule is CONC=CNC(=O)c1ccc(C2=CC(c3ccc(Cl)c(C(F)(F)F)c3)(C(F)(F)F)ON2)c2ccccc12. The van der Waals surface area contributed by atoms with Gasteiger partial charge in [-0.15, -0.1) is 0 Å². The molecule has 6 nitrogen and oxygen atoms in total. The van der Waals surface area contributed by atoms with E-state index in [4.69, 9.17) is 16.4 Å². The lowest BCUT2D eigenvalue weighted by atomic mass is 9.89. The summed E-state index contributed by atoms with van der Waals surface area (Å²) in [5.74, 6) is -0.503. The molecule has 1 aliphatic rings. The van der Waals surface area contributed by atoms with Gasteiger partial charge in [0.2, 0.25) is 5.60 Å². The smallest absolute Gasteiger partial charge is 0.327 e. The maximum atomic E-state index is 14.4. The molecule has 4 rings (SSSR count). The number of amides is 1. The molecule has 3 aromatic carbocycles. The van der Waals surface area contributed by atoms with E-state index < -0.39 is 40.0 Å². The number of carbonyl (C=O) groups is 1. The van der Waals surface area contributed by atoms with Crippen LogP contribution < -0.4 is 16.3 Å². The molecule has 0 spiro atoms. The van der Waals surface area contributed by atoms with Crippen LogP contribution in [0.4, 0.5) is 26.3 Å². The van der Waals surface area contributed by atoms with Gasteiger partial charge in [-0.1, -0.05) is 48.0 Å². The minimum absolute atomic E-state index is 0.154. The molecule has 0 aliphatic carbocycles. The fraction of sp³-hybridized carbons (Fsp3) is 0.160. The van der Waals surface area contributed by atoms with Crippen molar-refractivity contribution in [3.8, 4) is 0 Å². The first kappa shape index (κ1) is 27.3. The van der Waals surface area contributed by atoms with Gasteiger partial charge in [0.25, 0.3) is 5.91 Å². The summed E-state index contributed by atoms with van der Waals surface area (Å²) in [6, 6.07) is 11.1. The van der Waals surface area contributed by atoms with E-state index in [0.29, 0.717) is 22.9 Å².